The Labute approximate surface area is 215 Å². The zero-order valence-corrected chi connectivity index (χ0v) is 21.4. The number of hydrogen-bond acceptors (Lipinski definition) is 3. The summed E-state index contributed by atoms with van der Waals surface area (Å²) in [6.45, 7) is 1.44. The van der Waals surface area contributed by atoms with E-state index in [0.29, 0.717) is 30.3 Å². The third-order valence-corrected chi connectivity index (χ3v) is 9.97. The van der Waals surface area contributed by atoms with E-state index in [1.165, 1.54) is 11.1 Å². The molecule has 2 aromatic rings. The van der Waals surface area contributed by atoms with Crippen molar-refractivity contribution in [1.29, 1.82) is 0 Å². The van der Waals surface area contributed by atoms with Crippen molar-refractivity contribution < 1.29 is 9.53 Å². The summed E-state index contributed by atoms with van der Waals surface area (Å²) in [5.74, 6) is 2.03. The third kappa shape index (κ3) is 4.48. The van der Waals surface area contributed by atoms with Crippen LogP contribution in [0.4, 0.5) is 0 Å². The SMILES string of the molecule is NCC1CCC(C=NC(=O)C23CC4CC(c5ccccc5)(CC(C2)C4OCc2ccccc2)C3)CC1. The molecule has 4 heteroatoms. The lowest BCUT2D eigenvalue weighted by atomic mass is 9.42. The van der Waals surface area contributed by atoms with Gasteiger partial charge in [-0.05, 0) is 105 Å². The zero-order valence-electron chi connectivity index (χ0n) is 21.4. The molecule has 1 amide bonds. The van der Waals surface area contributed by atoms with Gasteiger partial charge in [0.2, 0.25) is 0 Å². The van der Waals surface area contributed by atoms with Crippen LogP contribution >= 0.6 is 0 Å². The van der Waals surface area contributed by atoms with Crippen LogP contribution in [0.3, 0.4) is 0 Å². The molecule has 5 aliphatic carbocycles. The average molecular weight is 485 g/mol. The summed E-state index contributed by atoms with van der Waals surface area (Å²) < 4.78 is 6.63. The fraction of sp³-hybridized carbons (Fsp3) is 0.562. The molecule has 5 saturated carbocycles. The van der Waals surface area contributed by atoms with Crippen molar-refractivity contribution in [3.8, 4) is 0 Å². The number of carbonyl (C=O) groups is 1. The maximum absolute atomic E-state index is 13.9. The van der Waals surface area contributed by atoms with Gasteiger partial charge in [-0.1, -0.05) is 60.7 Å². The molecule has 4 bridgehead atoms. The molecular weight excluding hydrogens is 444 g/mol. The molecule has 2 atom stereocenters. The maximum Gasteiger partial charge on any atom is 0.251 e. The molecule has 0 heterocycles. The highest BCUT2D eigenvalue weighted by molar-refractivity contribution is 5.90. The fourth-order valence-electron chi connectivity index (χ4n) is 8.41. The number of amides is 1. The van der Waals surface area contributed by atoms with Crippen LogP contribution in [0.15, 0.2) is 65.7 Å². The number of carbonyl (C=O) groups excluding carboxylic acids is 1. The van der Waals surface area contributed by atoms with Crippen LogP contribution in [0.2, 0.25) is 0 Å². The number of aliphatic imine (C=N–C) groups is 1. The van der Waals surface area contributed by atoms with E-state index >= 15 is 0 Å². The normalized spacial score (nSPS) is 37.4. The second-order valence-electron chi connectivity index (χ2n) is 12.3. The Morgan fingerprint density at radius 1 is 0.917 bits per heavy atom. The van der Waals surface area contributed by atoms with Crippen molar-refractivity contribution >= 4 is 12.1 Å². The second-order valence-corrected chi connectivity index (χ2v) is 12.3. The van der Waals surface area contributed by atoms with Crippen molar-refractivity contribution in [2.75, 3.05) is 6.54 Å². The average Bonchev–Trinajstić information content (AvgIpc) is 2.92. The Morgan fingerprint density at radius 3 is 2.19 bits per heavy atom. The maximum atomic E-state index is 13.9. The highest BCUT2D eigenvalue weighted by Gasteiger charge is 2.64. The molecule has 7 rings (SSSR count). The van der Waals surface area contributed by atoms with Gasteiger partial charge in [-0.25, -0.2) is 4.99 Å². The van der Waals surface area contributed by atoms with Crippen molar-refractivity contribution in [1.82, 2.24) is 0 Å². The van der Waals surface area contributed by atoms with Crippen LogP contribution in [0, 0.1) is 29.1 Å². The summed E-state index contributed by atoms with van der Waals surface area (Å²) in [7, 11) is 0. The predicted molar refractivity (Wildman–Crippen MR) is 144 cm³/mol. The van der Waals surface area contributed by atoms with E-state index < -0.39 is 0 Å². The smallest absolute Gasteiger partial charge is 0.251 e. The van der Waals surface area contributed by atoms with E-state index in [1.54, 1.807) is 0 Å². The van der Waals surface area contributed by atoms with Gasteiger partial charge in [0.1, 0.15) is 0 Å². The van der Waals surface area contributed by atoms with Gasteiger partial charge >= 0.3 is 0 Å². The van der Waals surface area contributed by atoms with Gasteiger partial charge in [-0.3, -0.25) is 4.79 Å². The van der Waals surface area contributed by atoms with Gasteiger partial charge < -0.3 is 10.5 Å². The van der Waals surface area contributed by atoms with E-state index in [1.807, 2.05) is 6.21 Å². The van der Waals surface area contributed by atoms with Gasteiger partial charge in [0.25, 0.3) is 5.91 Å². The van der Waals surface area contributed by atoms with Crippen LogP contribution in [-0.2, 0) is 21.6 Å². The lowest BCUT2D eigenvalue weighted by Crippen LogP contribution is -2.62. The molecular formula is C32H40N2O2. The standard InChI is InChI=1S/C32H40N2O2/c33-19-23-11-13-24(14-12-23)20-34-30(35)32-17-26-15-31(22-32,28-9-5-2-6-10-28)16-27(18-32)29(26)36-21-25-7-3-1-4-8-25/h1-10,20,23-24,26-27,29H,11-19,21-22,33H2. The van der Waals surface area contributed by atoms with Crippen molar-refractivity contribution in [2.45, 2.75) is 75.9 Å². The number of benzene rings is 2. The van der Waals surface area contributed by atoms with Gasteiger partial charge in [-0.15, -0.1) is 0 Å². The highest BCUT2D eigenvalue weighted by Crippen LogP contribution is 2.66. The Balaban J connectivity index is 1.23. The van der Waals surface area contributed by atoms with Crippen LogP contribution in [0.1, 0.15) is 68.9 Å². The lowest BCUT2D eigenvalue weighted by molar-refractivity contribution is -0.180. The predicted octanol–water partition coefficient (Wildman–Crippen LogP) is 6.08. The Morgan fingerprint density at radius 2 is 1.56 bits per heavy atom. The van der Waals surface area contributed by atoms with Gasteiger partial charge in [0.15, 0.2) is 0 Å². The van der Waals surface area contributed by atoms with Crippen molar-refractivity contribution in [3.63, 3.8) is 0 Å². The zero-order chi connectivity index (χ0) is 24.6. The molecule has 36 heavy (non-hydrogen) atoms. The van der Waals surface area contributed by atoms with Crippen LogP contribution < -0.4 is 5.73 Å². The number of rotatable bonds is 7. The number of nitrogens with two attached hydrogens (primary N) is 1. The summed E-state index contributed by atoms with van der Waals surface area (Å²) in [5, 5.41) is 0. The van der Waals surface area contributed by atoms with Gasteiger partial charge in [0, 0.05) is 6.21 Å². The monoisotopic (exact) mass is 484 g/mol. The third-order valence-electron chi connectivity index (χ3n) is 9.97. The summed E-state index contributed by atoms with van der Waals surface area (Å²) in [5.41, 5.74) is 8.24. The molecule has 190 valence electrons. The van der Waals surface area contributed by atoms with Crippen LogP contribution in [0.5, 0.6) is 0 Å². The Hall–Kier alpha value is -2.30. The first kappa shape index (κ1) is 24.1. The second kappa shape index (κ2) is 9.87. The van der Waals surface area contributed by atoms with E-state index in [0.717, 1.165) is 64.3 Å². The van der Waals surface area contributed by atoms with E-state index in [-0.39, 0.29) is 22.8 Å². The topological polar surface area (TPSA) is 64.7 Å². The van der Waals surface area contributed by atoms with E-state index in [2.05, 4.69) is 60.7 Å². The fourth-order valence-corrected chi connectivity index (χ4v) is 8.41. The number of nitrogens with zero attached hydrogens (tertiary/aromatic N) is 1. The first-order chi connectivity index (χ1) is 17.6. The summed E-state index contributed by atoms with van der Waals surface area (Å²) in [4.78, 5) is 18.6. The molecule has 0 spiro atoms. The molecule has 0 saturated heterocycles. The van der Waals surface area contributed by atoms with Crippen LogP contribution in [-0.4, -0.2) is 24.8 Å². The molecule has 2 N–H and O–H groups in total. The minimum absolute atomic E-state index is 0.0735. The van der Waals surface area contributed by atoms with Gasteiger partial charge in [-0.2, -0.15) is 0 Å². The molecule has 4 nitrogen and oxygen atoms in total. The first-order valence-corrected chi connectivity index (χ1v) is 14.1. The minimum Gasteiger partial charge on any atom is -0.373 e. The van der Waals surface area contributed by atoms with Gasteiger partial charge in [0.05, 0.1) is 18.1 Å². The molecule has 2 aromatic carbocycles. The minimum atomic E-state index is -0.334. The molecule has 2 unspecified atom stereocenters. The molecule has 5 fully saturated rings. The number of ether oxygens (including phenoxy) is 1. The Bertz CT molecular complexity index is 1060. The largest absolute Gasteiger partial charge is 0.373 e. The Kier molecular flexibility index (Phi) is 6.60. The molecule has 0 radical (unpaired) electrons. The molecule has 0 aliphatic heterocycles. The van der Waals surface area contributed by atoms with Crippen molar-refractivity contribution in [3.05, 3.63) is 71.8 Å². The quantitative estimate of drug-likeness (QED) is 0.484. The highest BCUT2D eigenvalue weighted by atomic mass is 16.5. The molecule has 5 aliphatic rings. The van der Waals surface area contributed by atoms with Crippen LogP contribution in [0.25, 0.3) is 0 Å². The first-order valence-electron chi connectivity index (χ1n) is 14.1. The van der Waals surface area contributed by atoms with Crippen molar-refractivity contribution in [2.24, 2.45) is 39.8 Å². The summed E-state index contributed by atoms with van der Waals surface area (Å²) >= 11 is 0. The summed E-state index contributed by atoms with van der Waals surface area (Å²) in [6, 6.07) is 21.5. The summed E-state index contributed by atoms with van der Waals surface area (Å²) in [6.07, 6.45) is 11.8. The number of hydrogen-bond donors (Lipinski definition) is 1. The van der Waals surface area contributed by atoms with E-state index in [9.17, 15) is 4.79 Å². The lowest BCUT2D eigenvalue weighted by Gasteiger charge is -2.63. The van der Waals surface area contributed by atoms with E-state index in [4.69, 9.17) is 15.5 Å². The molecule has 0 aromatic heterocycles.